The molecule has 0 unspecified atom stereocenters. The van der Waals surface area contributed by atoms with Gasteiger partial charge in [-0.15, -0.1) is 0 Å². The van der Waals surface area contributed by atoms with Gasteiger partial charge in [-0.3, -0.25) is 19.3 Å². The van der Waals surface area contributed by atoms with Crippen molar-refractivity contribution in [2.24, 2.45) is 0 Å². The number of carbonyl (C=O) groups is 3. The highest BCUT2D eigenvalue weighted by atomic mass is 32.1. The molecule has 3 heterocycles. The second-order valence-electron chi connectivity index (χ2n) is 8.07. The molecule has 0 N–H and O–H groups in total. The van der Waals surface area contributed by atoms with Gasteiger partial charge in [0.05, 0.1) is 15.9 Å². The molecule has 2 fully saturated rings. The first-order chi connectivity index (χ1) is 15.5. The maximum atomic E-state index is 13.1. The van der Waals surface area contributed by atoms with Crippen molar-refractivity contribution in [1.82, 2.24) is 9.88 Å². The molecule has 0 bridgehead atoms. The third-order valence-corrected chi connectivity index (χ3v) is 7.19. The number of piperazine rings is 1. The summed E-state index contributed by atoms with van der Waals surface area (Å²) in [5.74, 6) is -0.506. The van der Waals surface area contributed by atoms with E-state index in [-0.39, 0.29) is 30.6 Å². The molecule has 2 aromatic carbocycles. The van der Waals surface area contributed by atoms with Crippen molar-refractivity contribution in [3.8, 4) is 0 Å². The van der Waals surface area contributed by atoms with Gasteiger partial charge in [-0.25, -0.2) is 4.98 Å². The van der Waals surface area contributed by atoms with E-state index < -0.39 is 0 Å². The molecule has 0 saturated carbocycles. The normalized spacial score (nSPS) is 17.0. The van der Waals surface area contributed by atoms with Crippen LogP contribution in [0.4, 0.5) is 10.8 Å². The zero-order chi connectivity index (χ0) is 22.2. The van der Waals surface area contributed by atoms with Crippen molar-refractivity contribution in [1.29, 1.82) is 0 Å². The Balaban J connectivity index is 1.29. The summed E-state index contributed by atoms with van der Waals surface area (Å²) in [6.07, 6.45) is 1.41. The maximum Gasteiger partial charge on any atom is 0.254 e. The lowest BCUT2D eigenvalue weighted by Gasteiger charge is -2.34. The van der Waals surface area contributed by atoms with Crippen molar-refractivity contribution in [2.75, 3.05) is 36.0 Å². The van der Waals surface area contributed by atoms with Crippen molar-refractivity contribution >= 4 is 50.1 Å². The number of amides is 3. The zero-order valence-electron chi connectivity index (χ0n) is 17.9. The zero-order valence-corrected chi connectivity index (χ0v) is 18.7. The predicted molar refractivity (Wildman–Crippen MR) is 125 cm³/mol. The van der Waals surface area contributed by atoms with Gasteiger partial charge in [0.25, 0.3) is 5.91 Å². The van der Waals surface area contributed by atoms with Crippen LogP contribution >= 0.6 is 11.3 Å². The van der Waals surface area contributed by atoms with E-state index >= 15 is 0 Å². The summed E-state index contributed by atoms with van der Waals surface area (Å²) in [5.41, 5.74) is 3.31. The van der Waals surface area contributed by atoms with E-state index in [1.54, 1.807) is 35.6 Å². The van der Waals surface area contributed by atoms with Crippen LogP contribution in [0.2, 0.25) is 0 Å². The van der Waals surface area contributed by atoms with E-state index in [0.717, 1.165) is 30.2 Å². The Morgan fingerprint density at radius 3 is 2.44 bits per heavy atom. The molecule has 0 radical (unpaired) electrons. The molecule has 3 aromatic rings. The highest BCUT2D eigenvalue weighted by molar-refractivity contribution is 7.22. The molecule has 7 nitrogen and oxygen atoms in total. The summed E-state index contributed by atoms with van der Waals surface area (Å²) in [5, 5.41) is 1.00. The second-order valence-corrected chi connectivity index (χ2v) is 9.08. The van der Waals surface area contributed by atoms with Gasteiger partial charge >= 0.3 is 0 Å². The van der Waals surface area contributed by atoms with Crippen molar-refractivity contribution in [2.45, 2.75) is 26.2 Å². The molecule has 8 heteroatoms. The Hall–Kier alpha value is -3.26. The molecule has 0 aliphatic carbocycles. The molecule has 2 saturated heterocycles. The van der Waals surface area contributed by atoms with Gasteiger partial charge < -0.3 is 9.80 Å². The van der Waals surface area contributed by atoms with Crippen LogP contribution in [0.1, 0.15) is 35.7 Å². The number of rotatable bonds is 4. The van der Waals surface area contributed by atoms with Crippen LogP contribution in [0.15, 0.2) is 42.5 Å². The third-order valence-electron chi connectivity index (χ3n) is 6.11. The SMILES string of the molecule is CCc1cccc2sc(N3CCN(C(=O)c4cccc(N5C(=O)CCC5=O)c4)CC3)nc12. The first kappa shape index (κ1) is 20.6. The lowest BCUT2D eigenvalue weighted by molar-refractivity contribution is -0.121. The van der Waals surface area contributed by atoms with Crippen LogP contribution in [-0.4, -0.2) is 53.8 Å². The lowest BCUT2D eigenvalue weighted by atomic mass is 10.1. The van der Waals surface area contributed by atoms with Crippen LogP contribution in [0.5, 0.6) is 0 Å². The fraction of sp³-hybridized carbons (Fsp3) is 0.333. The minimum atomic E-state index is -0.213. The number of hydrogen-bond donors (Lipinski definition) is 0. The molecule has 164 valence electrons. The molecular formula is C24H24N4O3S. The highest BCUT2D eigenvalue weighted by Gasteiger charge is 2.31. The number of benzene rings is 2. The highest BCUT2D eigenvalue weighted by Crippen LogP contribution is 2.32. The smallest absolute Gasteiger partial charge is 0.254 e. The van der Waals surface area contributed by atoms with E-state index in [1.807, 2.05) is 4.90 Å². The summed E-state index contributed by atoms with van der Waals surface area (Å²) in [6.45, 7) is 4.77. The Labute approximate surface area is 190 Å². The van der Waals surface area contributed by atoms with Crippen molar-refractivity contribution < 1.29 is 14.4 Å². The van der Waals surface area contributed by atoms with Crippen LogP contribution in [0, 0.1) is 0 Å². The van der Waals surface area contributed by atoms with Crippen LogP contribution < -0.4 is 9.80 Å². The quantitative estimate of drug-likeness (QED) is 0.572. The molecule has 1 aromatic heterocycles. The summed E-state index contributed by atoms with van der Waals surface area (Å²) >= 11 is 1.70. The molecule has 0 atom stereocenters. The van der Waals surface area contributed by atoms with E-state index in [4.69, 9.17) is 4.98 Å². The van der Waals surface area contributed by atoms with Gasteiger partial charge in [-0.05, 0) is 36.2 Å². The van der Waals surface area contributed by atoms with E-state index in [1.165, 1.54) is 15.2 Å². The number of para-hydroxylation sites is 1. The molecule has 2 aliphatic heterocycles. The number of nitrogens with zero attached hydrogens (tertiary/aromatic N) is 4. The summed E-state index contributed by atoms with van der Waals surface area (Å²) < 4.78 is 1.20. The number of hydrogen-bond acceptors (Lipinski definition) is 6. The van der Waals surface area contributed by atoms with Gasteiger partial charge in [-0.1, -0.05) is 36.5 Å². The van der Waals surface area contributed by atoms with Gasteiger partial charge in [0.2, 0.25) is 11.8 Å². The first-order valence-corrected chi connectivity index (χ1v) is 11.8. The Bertz CT molecular complexity index is 1200. The number of aryl methyl sites for hydroxylation is 1. The molecular weight excluding hydrogens is 424 g/mol. The molecule has 3 amide bonds. The molecule has 5 rings (SSSR count). The summed E-state index contributed by atoms with van der Waals surface area (Å²) in [4.78, 5) is 47.3. The fourth-order valence-electron chi connectivity index (χ4n) is 4.34. The third kappa shape index (κ3) is 3.64. The number of aromatic nitrogens is 1. The Kier molecular flexibility index (Phi) is 5.38. The number of carbonyl (C=O) groups excluding carboxylic acids is 3. The van der Waals surface area contributed by atoms with E-state index in [9.17, 15) is 14.4 Å². The van der Waals surface area contributed by atoms with Gasteiger partial charge in [0.1, 0.15) is 0 Å². The minimum Gasteiger partial charge on any atom is -0.345 e. The Morgan fingerprint density at radius 1 is 1.00 bits per heavy atom. The Morgan fingerprint density at radius 2 is 1.72 bits per heavy atom. The lowest BCUT2D eigenvalue weighted by Crippen LogP contribution is -2.48. The fourth-order valence-corrected chi connectivity index (χ4v) is 5.41. The van der Waals surface area contributed by atoms with Crippen LogP contribution in [0.25, 0.3) is 10.2 Å². The van der Waals surface area contributed by atoms with Crippen LogP contribution in [-0.2, 0) is 16.0 Å². The number of fused-ring (bicyclic) bond motifs is 1. The standard InChI is InChI=1S/C24H24N4O3S/c1-2-16-5-4-8-19-22(16)25-24(32-19)27-13-11-26(12-14-27)23(31)17-6-3-7-18(15-17)28-20(29)9-10-21(28)30/h3-8,15H,2,9-14H2,1H3. The molecule has 0 spiro atoms. The maximum absolute atomic E-state index is 13.1. The summed E-state index contributed by atoms with van der Waals surface area (Å²) in [6, 6.07) is 13.1. The van der Waals surface area contributed by atoms with E-state index in [0.29, 0.717) is 24.3 Å². The number of thiazole rings is 1. The van der Waals surface area contributed by atoms with E-state index in [2.05, 4.69) is 30.0 Å². The largest absolute Gasteiger partial charge is 0.345 e. The first-order valence-electron chi connectivity index (χ1n) is 10.9. The monoisotopic (exact) mass is 448 g/mol. The molecule has 32 heavy (non-hydrogen) atoms. The second kappa shape index (κ2) is 8.35. The topological polar surface area (TPSA) is 73.8 Å². The van der Waals surface area contributed by atoms with Crippen LogP contribution in [0.3, 0.4) is 0 Å². The van der Waals surface area contributed by atoms with Crippen molar-refractivity contribution in [3.63, 3.8) is 0 Å². The van der Waals surface area contributed by atoms with Gasteiger partial charge in [-0.2, -0.15) is 0 Å². The average Bonchev–Trinajstić information content (AvgIpc) is 3.41. The molecule has 2 aliphatic rings. The summed E-state index contributed by atoms with van der Waals surface area (Å²) in [7, 11) is 0. The van der Waals surface area contributed by atoms with Crippen molar-refractivity contribution in [3.05, 3.63) is 53.6 Å². The number of imide groups is 1. The number of anilines is 2. The van der Waals surface area contributed by atoms with Gasteiger partial charge in [0, 0.05) is 44.6 Å². The minimum absolute atomic E-state index is 0.0804. The van der Waals surface area contributed by atoms with Gasteiger partial charge in [0.15, 0.2) is 5.13 Å². The predicted octanol–water partition coefficient (Wildman–Crippen LogP) is 3.47. The average molecular weight is 449 g/mol.